The van der Waals surface area contributed by atoms with E-state index in [1.54, 1.807) is 18.1 Å². The van der Waals surface area contributed by atoms with Crippen LogP contribution in [0.3, 0.4) is 0 Å². The molecule has 1 saturated heterocycles. The first kappa shape index (κ1) is 29.4. The van der Waals surface area contributed by atoms with Gasteiger partial charge in [0, 0.05) is 33.4 Å². The van der Waals surface area contributed by atoms with Crippen LogP contribution in [0, 0.1) is 5.92 Å². The van der Waals surface area contributed by atoms with Gasteiger partial charge in [0.15, 0.2) is 0 Å². The lowest BCUT2D eigenvalue weighted by atomic mass is 9.82. The van der Waals surface area contributed by atoms with Crippen LogP contribution in [0.2, 0.25) is 0 Å². The lowest BCUT2D eigenvalue weighted by molar-refractivity contribution is -0.134. The summed E-state index contributed by atoms with van der Waals surface area (Å²) in [5.74, 6) is 1.19. The number of nitrogens with zero attached hydrogens (tertiary/aromatic N) is 5. The van der Waals surface area contributed by atoms with E-state index in [9.17, 15) is 5.11 Å². The Balaban J connectivity index is 1.17. The summed E-state index contributed by atoms with van der Waals surface area (Å²) in [6.45, 7) is 8.83. The maximum Gasteiger partial charge on any atom is 0.142 e. The first-order valence-electron chi connectivity index (χ1n) is 14.5. The van der Waals surface area contributed by atoms with Crippen molar-refractivity contribution >= 4 is 5.69 Å². The van der Waals surface area contributed by atoms with Gasteiger partial charge in [-0.3, -0.25) is 0 Å². The highest BCUT2D eigenvalue weighted by Gasteiger charge is 2.41. The largest absolute Gasteiger partial charge is 0.490 e. The summed E-state index contributed by atoms with van der Waals surface area (Å²) in [5, 5.41) is 26.5. The molecule has 2 aromatic carbocycles. The Morgan fingerprint density at radius 2 is 2.02 bits per heavy atom. The number of aliphatic hydroxyl groups is 1. The highest BCUT2D eigenvalue weighted by Crippen LogP contribution is 2.35. The van der Waals surface area contributed by atoms with Gasteiger partial charge in [-0.05, 0) is 64.6 Å². The monoisotopic (exact) mass is 566 g/mol. The molecule has 0 saturated carbocycles. The number of fused-ring (bicyclic) bond motifs is 1. The molecule has 2 aliphatic rings. The third-order valence-corrected chi connectivity index (χ3v) is 7.77. The molecule has 0 spiro atoms. The minimum atomic E-state index is -1.07. The summed E-state index contributed by atoms with van der Waals surface area (Å²) in [5.41, 5.74) is 3.00. The van der Waals surface area contributed by atoms with Gasteiger partial charge in [0.1, 0.15) is 30.4 Å². The molecule has 11 nitrogen and oxygen atoms in total. The number of benzene rings is 2. The number of methoxy groups -OCH3 is 1. The Hall–Kier alpha value is -3.09. The zero-order chi connectivity index (χ0) is 28.5. The molecule has 11 heteroatoms. The number of hydrogen-bond acceptors (Lipinski definition) is 10. The number of tetrazole rings is 1. The van der Waals surface area contributed by atoms with Crippen LogP contribution >= 0.6 is 0 Å². The molecule has 0 amide bonds. The van der Waals surface area contributed by atoms with Crippen LogP contribution in [0.5, 0.6) is 5.75 Å². The maximum absolute atomic E-state index is 11.8. The van der Waals surface area contributed by atoms with Crippen LogP contribution in [0.15, 0.2) is 48.8 Å². The van der Waals surface area contributed by atoms with Gasteiger partial charge in [-0.25, -0.2) is 4.68 Å². The molecular weight excluding hydrogens is 524 g/mol. The molecule has 3 aromatic rings. The Kier molecular flexibility index (Phi) is 10.2. The number of anilines is 1. The zero-order valence-electron chi connectivity index (χ0n) is 24.1. The van der Waals surface area contributed by atoms with E-state index in [0.717, 1.165) is 60.8 Å². The van der Waals surface area contributed by atoms with Crippen LogP contribution in [0.4, 0.5) is 5.69 Å². The molecule has 2 N–H and O–H groups in total. The van der Waals surface area contributed by atoms with E-state index in [1.165, 1.54) is 0 Å². The second-order valence-electron chi connectivity index (χ2n) is 11.0. The van der Waals surface area contributed by atoms with E-state index in [0.29, 0.717) is 45.9 Å². The molecule has 41 heavy (non-hydrogen) atoms. The molecule has 1 fully saturated rings. The summed E-state index contributed by atoms with van der Waals surface area (Å²) in [7, 11) is 1.73. The average Bonchev–Trinajstić information content (AvgIpc) is 3.50. The van der Waals surface area contributed by atoms with Gasteiger partial charge >= 0.3 is 0 Å². The van der Waals surface area contributed by atoms with E-state index in [-0.39, 0.29) is 12.0 Å². The minimum Gasteiger partial charge on any atom is -0.490 e. The first-order chi connectivity index (χ1) is 20.0. The Morgan fingerprint density at radius 3 is 2.83 bits per heavy atom. The SMILES string of the molecule is COCCCN1CCOc2ccc(CO[C@H]3CNCC[C@]3(O)c3ccc(COCC(C)Cn4cnnn4)cc3)cc21. The molecule has 2 aliphatic heterocycles. The second kappa shape index (κ2) is 14.2. The van der Waals surface area contributed by atoms with E-state index >= 15 is 0 Å². The summed E-state index contributed by atoms with van der Waals surface area (Å²) in [4.78, 5) is 2.35. The fourth-order valence-corrected chi connectivity index (χ4v) is 5.51. The summed E-state index contributed by atoms with van der Waals surface area (Å²) in [6, 6.07) is 14.3. The van der Waals surface area contributed by atoms with Crippen molar-refractivity contribution in [2.75, 3.05) is 58.0 Å². The van der Waals surface area contributed by atoms with Crippen molar-refractivity contribution in [2.45, 2.75) is 51.2 Å². The summed E-state index contributed by atoms with van der Waals surface area (Å²) in [6.07, 6.45) is 2.77. The van der Waals surface area contributed by atoms with Crippen LogP contribution in [0.25, 0.3) is 0 Å². The van der Waals surface area contributed by atoms with Crippen LogP contribution in [-0.4, -0.2) is 84.5 Å². The predicted octanol–water partition coefficient (Wildman–Crippen LogP) is 2.53. The van der Waals surface area contributed by atoms with Gasteiger partial charge in [-0.2, -0.15) is 0 Å². The smallest absolute Gasteiger partial charge is 0.142 e. The molecular formula is C30H42N6O5. The van der Waals surface area contributed by atoms with E-state index in [2.05, 4.69) is 38.7 Å². The quantitative estimate of drug-likeness (QED) is 0.282. The third-order valence-electron chi connectivity index (χ3n) is 7.77. The van der Waals surface area contributed by atoms with Crippen LogP contribution in [-0.2, 0) is 39.6 Å². The molecule has 0 radical (unpaired) electrons. The Bertz CT molecular complexity index is 1210. The highest BCUT2D eigenvalue weighted by atomic mass is 16.5. The number of nitrogens with one attached hydrogen (secondary N) is 1. The minimum absolute atomic E-state index is 0.285. The number of aromatic nitrogens is 4. The Labute approximate surface area is 241 Å². The number of rotatable bonds is 14. The van der Waals surface area contributed by atoms with Gasteiger partial charge < -0.3 is 34.3 Å². The lowest BCUT2D eigenvalue weighted by Gasteiger charge is -2.40. The summed E-state index contributed by atoms with van der Waals surface area (Å²) >= 11 is 0. The van der Waals surface area contributed by atoms with Gasteiger partial charge in [0.05, 0.1) is 32.1 Å². The van der Waals surface area contributed by atoms with E-state index in [4.69, 9.17) is 18.9 Å². The normalized spacial score (nSPS) is 21.3. The average molecular weight is 567 g/mol. The third kappa shape index (κ3) is 7.60. The van der Waals surface area contributed by atoms with Crippen molar-refractivity contribution in [3.63, 3.8) is 0 Å². The molecule has 3 atom stereocenters. The van der Waals surface area contributed by atoms with Crippen molar-refractivity contribution in [3.8, 4) is 5.75 Å². The highest BCUT2D eigenvalue weighted by molar-refractivity contribution is 5.61. The Morgan fingerprint density at radius 1 is 1.17 bits per heavy atom. The second-order valence-corrected chi connectivity index (χ2v) is 11.0. The standard InChI is InChI=1S/C30H42N6O5/c1-23(18-36-22-32-33-34-36)19-39-20-24-4-7-26(8-5-24)30(37)10-11-31-17-29(30)41-21-25-6-9-28-27(16-25)35(13-15-40-28)12-3-14-38-2/h4-9,16,22-23,29,31,37H,3,10-15,17-21H2,1-2H3/t23?,29-,30-/m0/s1. The van der Waals surface area contributed by atoms with Crippen LogP contribution in [0.1, 0.15) is 36.5 Å². The fraction of sp³-hybridized carbons (Fsp3) is 0.567. The van der Waals surface area contributed by atoms with Gasteiger partial charge in [0.2, 0.25) is 0 Å². The van der Waals surface area contributed by atoms with Crippen molar-refractivity contribution in [1.82, 2.24) is 25.5 Å². The lowest BCUT2D eigenvalue weighted by Crippen LogP contribution is -2.53. The first-order valence-corrected chi connectivity index (χ1v) is 14.5. The maximum atomic E-state index is 11.8. The van der Waals surface area contributed by atoms with Gasteiger partial charge in [-0.1, -0.05) is 37.3 Å². The van der Waals surface area contributed by atoms with Gasteiger partial charge in [-0.15, -0.1) is 5.10 Å². The van der Waals surface area contributed by atoms with E-state index < -0.39 is 5.60 Å². The molecule has 5 rings (SSSR count). The molecule has 0 aliphatic carbocycles. The fourth-order valence-electron chi connectivity index (χ4n) is 5.51. The van der Waals surface area contributed by atoms with Crippen molar-refractivity contribution in [3.05, 3.63) is 65.5 Å². The summed E-state index contributed by atoms with van der Waals surface area (Å²) < 4.78 is 25.2. The molecule has 1 aromatic heterocycles. The van der Waals surface area contributed by atoms with Gasteiger partial charge in [0.25, 0.3) is 0 Å². The number of ether oxygens (including phenoxy) is 4. The number of hydrogen-bond donors (Lipinski definition) is 2. The van der Waals surface area contributed by atoms with E-state index in [1.807, 2.05) is 36.4 Å². The van der Waals surface area contributed by atoms with Crippen molar-refractivity contribution < 1.29 is 24.1 Å². The van der Waals surface area contributed by atoms with Crippen molar-refractivity contribution in [2.24, 2.45) is 5.92 Å². The molecule has 0 bridgehead atoms. The predicted molar refractivity (Wildman–Crippen MR) is 154 cm³/mol. The number of piperidine rings is 1. The topological polar surface area (TPSA) is 116 Å². The zero-order valence-corrected chi connectivity index (χ0v) is 24.1. The molecule has 222 valence electrons. The van der Waals surface area contributed by atoms with Crippen molar-refractivity contribution in [1.29, 1.82) is 0 Å². The molecule has 3 heterocycles. The molecule has 1 unspecified atom stereocenters. The van der Waals surface area contributed by atoms with Crippen LogP contribution < -0.4 is 15.0 Å².